The van der Waals surface area contributed by atoms with E-state index >= 15 is 0 Å². The van der Waals surface area contributed by atoms with Crippen LogP contribution in [0.25, 0.3) is 21.8 Å². The van der Waals surface area contributed by atoms with Crippen molar-refractivity contribution in [3.8, 4) is 21.8 Å². The molecule has 1 N–H and O–H groups in total. The third-order valence-corrected chi connectivity index (χ3v) is 10.4. The summed E-state index contributed by atoms with van der Waals surface area (Å²) in [5.41, 5.74) is 3.40. The summed E-state index contributed by atoms with van der Waals surface area (Å²) >= 11 is 18.4. The molecule has 0 bridgehead atoms. The number of ether oxygens (including phenoxy) is 1. The Morgan fingerprint density at radius 2 is 2.00 bits per heavy atom. The number of aromatic nitrogens is 2. The molecule has 1 aromatic carbocycles. The fourth-order valence-corrected chi connectivity index (χ4v) is 8.29. The fraction of sp³-hybridized carbons (Fsp3) is 0.346. The van der Waals surface area contributed by atoms with Crippen LogP contribution < -0.4 is 4.90 Å². The summed E-state index contributed by atoms with van der Waals surface area (Å²) in [4.78, 5) is 19.2. The zero-order chi connectivity index (χ0) is 26.4. The SMILES string of the molecule is O=C(O)c1csc(-c2csc(N3CC[C@@H](OCc4c(-c5c(Cl)cccc5Cl)noc4C4CC4)C[C@H]3I)n2)c1. The molecule has 4 heterocycles. The number of rotatable bonds is 8. The summed E-state index contributed by atoms with van der Waals surface area (Å²) in [6.45, 7) is 1.21. The number of hydrogen-bond donors (Lipinski definition) is 1. The van der Waals surface area contributed by atoms with Crippen LogP contribution in [-0.4, -0.2) is 37.9 Å². The van der Waals surface area contributed by atoms with Crippen molar-refractivity contribution in [1.29, 1.82) is 0 Å². The van der Waals surface area contributed by atoms with Gasteiger partial charge in [-0.05, 0) is 37.5 Å². The average molecular weight is 702 g/mol. The van der Waals surface area contributed by atoms with E-state index in [1.54, 1.807) is 22.8 Å². The molecule has 4 aromatic rings. The van der Waals surface area contributed by atoms with Crippen molar-refractivity contribution < 1.29 is 19.2 Å². The van der Waals surface area contributed by atoms with Crippen LogP contribution in [0.15, 0.2) is 39.5 Å². The quantitative estimate of drug-likeness (QED) is 0.112. The molecule has 0 amide bonds. The highest BCUT2D eigenvalue weighted by Gasteiger charge is 2.35. The third-order valence-electron chi connectivity index (χ3n) is 6.75. The van der Waals surface area contributed by atoms with Crippen molar-refractivity contribution in [2.45, 2.75) is 48.4 Å². The molecule has 1 saturated carbocycles. The molecule has 2 fully saturated rings. The number of piperidine rings is 1. The van der Waals surface area contributed by atoms with E-state index in [1.165, 1.54) is 11.3 Å². The Hall–Kier alpha value is -1.70. The van der Waals surface area contributed by atoms with Gasteiger partial charge in [-0.3, -0.25) is 0 Å². The molecule has 2 aliphatic rings. The lowest BCUT2D eigenvalue weighted by molar-refractivity contribution is 0.0233. The second kappa shape index (κ2) is 11.1. The lowest BCUT2D eigenvalue weighted by Crippen LogP contribution is -2.41. The van der Waals surface area contributed by atoms with Gasteiger partial charge in [0.2, 0.25) is 0 Å². The van der Waals surface area contributed by atoms with Crippen LogP contribution in [0, 0.1) is 0 Å². The van der Waals surface area contributed by atoms with Crippen LogP contribution in [0.4, 0.5) is 5.13 Å². The van der Waals surface area contributed by atoms with Gasteiger partial charge >= 0.3 is 5.97 Å². The monoisotopic (exact) mass is 701 g/mol. The summed E-state index contributed by atoms with van der Waals surface area (Å²) < 4.78 is 12.4. The first-order valence-corrected chi connectivity index (χ1v) is 15.9. The van der Waals surface area contributed by atoms with Crippen molar-refractivity contribution >= 4 is 79.6 Å². The number of hydrogen-bond acceptors (Lipinski definition) is 8. The minimum atomic E-state index is -0.921. The molecular weight excluding hydrogens is 680 g/mol. The van der Waals surface area contributed by atoms with Gasteiger partial charge in [-0.1, -0.05) is 57.0 Å². The van der Waals surface area contributed by atoms with Crippen molar-refractivity contribution in [2.24, 2.45) is 0 Å². The summed E-state index contributed by atoms with van der Waals surface area (Å²) in [7, 11) is 0. The average Bonchev–Trinajstić information content (AvgIpc) is 3.27. The third kappa shape index (κ3) is 5.35. The maximum atomic E-state index is 11.2. The van der Waals surface area contributed by atoms with E-state index in [4.69, 9.17) is 37.4 Å². The van der Waals surface area contributed by atoms with E-state index in [1.807, 2.05) is 23.6 Å². The number of thiophene rings is 1. The maximum absolute atomic E-state index is 11.2. The first-order valence-electron chi connectivity index (χ1n) is 12.1. The molecule has 38 heavy (non-hydrogen) atoms. The second-order valence-electron chi connectivity index (χ2n) is 9.35. The molecule has 1 saturated heterocycles. The highest BCUT2D eigenvalue weighted by molar-refractivity contribution is 14.1. The predicted molar refractivity (Wildman–Crippen MR) is 159 cm³/mol. The summed E-state index contributed by atoms with van der Waals surface area (Å²) in [5, 5.41) is 19.2. The van der Waals surface area contributed by atoms with Gasteiger partial charge in [-0.15, -0.1) is 22.7 Å². The minimum absolute atomic E-state index is 0.0829. The van der Waals surface area contributed by atoms with E-state index in [0.717, 1.165) is 59.3 Å². The topological polar surface area (TPSA) is 88.7 Å². The molecule has 0 spiro atoms. The zero-order valence-corrected chi connectivity index (χ0v) is 25.2. The number of halogens is 3. The van der Waals surface area contributed by atoms with E-state index in [2.05, 4.69) is 32.6 Å². The van der Waals surface area contributed by atoms with Crippen molar-refractivity contribution in [2.75, 3.05) is 11.4 Å². The molecule has 2 atom stereocenters. The fourth-order valence-electron chi connectivity index (χ4n) is 4.59. The van der Waals surface area contributed by atoms with Crippen molar-refractivity contribution in [3.63, 3.8) is 0 Å². The van der Waals surface area contributed by atoms with Crippen LogP contribution in [-0.2, 0) is 11.3 Å². The second-order valence-corrected chi connectivity index (χ2v) is 13.4. The molecular formula is C26H22Cl2IN3O4S2. The molecule has 7 nitrogen and oxygen atoms in total. The van der Waals surface area contributed by atoms with Gasteiger partial charge in [0, 0.05) is 40.8 Å². The lowest BCUT2D eigenvalue weighted by Gasteiger charge is -2.36. The minimum Gasteiger partial charge on any atom is -0.478 e. The Kier molecular flexibility index (Phi) is 7.71. The Balaban J connectivity index is 1.14. The molecule has 12 heteroatoms. The van der Waals surface area contributed by atoms with Crippen molar-refractivity contribution in [3.05, 3.63) is 62.0 Å². The number of thiazole rings is 1. The smallest absolute Gasteiger partial charge is 0.336 e. The number of carboxylic acids is 1. The number of anilines is 1. The molecule has 1 aliphatic carbocycles. The Morgan fingerprint density at radius 1 is 1.21 bits per heavy atom. The van der Waals surface area contributed by atoms with Gasteiger partial charge in [0.15, 0.2) is 5.13 Å². The van der Waals surface area contributed by atoms with Crippen LogP contribution in [0.5, 0.6) is 0 Å². The van der Waals surface area contributed by atoms with Gasteiger partial charge in [0.25, 0.3) is 0 Å². The highest BCUT2D eigenvalue weighted by atomic mass is 127. The number of nitrogens with zero attached hydrogens (tertiary/aromatic N) is 3. The molecule has 0 unspecified atom stereocenters. The zero-order valence-electron chi connectivity index (χ0n) is 19.9. The standard InChI is InChI=1S/C26H22Cl2IN3O4S2/c27-17-2-1-3-18(28)22(17)23-16(24(36-31-23)13-4-5-13)10-35-15-6-7-32(21(29)9-15)26-30-19(12-38-26)20-8-14(11-37-20)25(33)34/h1-3,8,11-13,15,21H,4-7,9-10H2,(H,33,34)/t15-,21+/m1/s1. The number of alkyl halides is 1. The van der Waals surface area contributed by atoms with Crippen LogP contribution >= 0.6 is 68.5 Å². The highest BCUT2D eigenvalue weighted by Crippen LogP contribution is 2.46. The van der Waals surface area contributed by atoms with Crippen LogP contribution in [0.3, 0.4) is 0 Å². The molecule has 3 aromatic heterocycles. The summed E-state index contributed by atoms with van der Waals surface area (Å²) in [6, 6.07) is 7.11. The first kappa shape index (κ1) is 26.5. The molecule has 0 radical (unpaired) electrons. The summed E-state index contributed by atoms with van der Waals surface area (Å²) in [6.07, 6.45) is 3.97. The van der Waals surface area contributed by atoms with E-state index in [0.29, 0.717) is 39.4 Å². The van der Waals surface area contributed by atoms with Gasteiger partial charge in [-0.2, -0.15) is 0 Å². The predicted octanol–water partition coefficient (Wildman–Crippen LogP) is 8.36. The Morgan fingerprint density at radius 3 is 2.68 bits per heavy atom. The molecule has 1 aliphatic heterocycles. The van der Waals surface area contributed by atoms with Gasteiger partial charge < -0.3 is 19.3 Å². The maximum Gasteiger partial charge on any atom is 0.336 e. The number of aromatic carboxylic acids is 1. The molecule has 198 valence electrons. The Bertz CT molecular complexity index is 1460. The van der Waals surface area contributed by atoms with E-state index in [-0.39, 0.29) is 10.2 Å². The normalized spacial score (nSPS) is 19.7. The van der Waals surface area contributed by atoms with Crippen LogP contribution in [0.1, 0.15) is 53.3 Å². The van der Waals surface area contributed by atoms with Crippen molar-refractivity contribution in [1.82, 2.24) is 10.1 Å². The summed E-state index contributed by atoms with van der Waals surface area (Å²) in [5.74, 6) is 0.341. The van der Waals surface area contributed by atoms with Crippen LogP contribution in [0.2, 0.25) is 10.0 Å². The number of benzene rings is 1. The van der Waals surface area contributed by atoms with E-state index < -0.39 is 5.97 Å². The largest absolute Gasteiger partial charge is 0.478 e. The first-order chi connectivity index (χ1) is 18.4. The van der Waals surface area contributed by atoms with E-state index in [9.17, 15) is 9.90 Å². The van der Waals surface area contributed by atoms with Gasteiger partial charge in [-0.25, -0.2) is 9.78 Å². The number of carbonyl (C=O) groups is 1. The Labute approximate surface area is 250 Å². The number of carboxylic acid groups (broad SMARTS) is 1. The van der Waals surface area contributed by atoms with Gasteiger partial charge in [0.1, 0.15) is 11.5 Å². The lowest BCUT2D eigenvalue weighted by atomic mass is 10.0. The molecule has 6 rings (SSSR count). The van der Waals surface area contributed by atoms with Gasteiger partial charge in [0.05, 0.1) is 42.9 Å².